The molecule has 4 heteroatoms. The highest BCUT2D eigenvalue weighted by Gasteiger charge is 2.42. The second kappa shape index (κ2) is 3.18. The lowest BCUT2D eigenvalue weighted by Gasteiger charge is -2.33. The molecule has 0 saturated carbocycles. The molecule has 2 aliphatic heterocycles. The van der Waals surface area contributed by atoms with Crippen molar-refractivity contribution in [2.75, 3.05) is 13.1 Å². The van der Waals surface area contributed by atoms with E-state index >= 15 is 0 Å². The van der Waals surface area contributed by atoms with E-state index in [-0.39, 0.29) is 5.60 Å². The van der Waals surface area contributed by atoms with Crippen molar-refractivity contribution in [3.05, 3.63) is 34.8 Å². The Morgan fingerprint density at radius 2 is 2.20 bits per heavy atom. The average Bonchev–Trinajstić information content (AvgIpc) is 2.59. The highest BCUT2D eigenvalue weighted by molar-refractivity contribution is 5.31. The van der Waals surface area contributed by atoms with Gasteiger partial charge in [-0.05, 0) is 31.5 Å². The second-order valence-corrected chi connectivity index (χ2v) is 4.28. The van der Waals surface area contributed by atoms with Crippen molar-refractivity contribution >= 4 is 0 Å². The molecule has 0 bridgehead atoms. The number of nitrogens with zero attached hydrogens (tertiary/aromatic N) is 1. The van der Waals surface area contributed by atoms with Crippen LogP contribution in [0.15, 0.2) is 18.5 Å². The van der Waals surface area contributed by atoms with Crippen LogP contribution in [0.25, 0.3) is 0 Å². The number of nitrogens with one attached hydrogen (secondary N) is 1. The van der Waals surface area contributed by atoms with Crippen LogP contribution in [0.4, 0.5) is 0 Å². The fourth-order valence-corrected chi connectivity index (χ4v) is 2.58. The minimum absolute atomic E-state index is 0.187. The topological polar surface area (TPSA) is 48.2 Å². The monoisotopic (exact) mass is 206 g/mol. The summed E-state index contributed by atoms with van der Waals surface area (Å²) in [7, 11) is 0. The van der Waals surface area contributed by atoms with Gasteiger partial charge in [-0.15, -0.1) is 0 Å². The van der Waals surface area contributed by atoms with Crippen molar-refractivity contribution in [2.45, 2.75) is 25.0 Å². The number of piperidine rings is 1. The zero-order chi connectivity index (χ0) is 10.3. The van der Waals surface area contributed by atoms with E-state index in [0.29, 0.717) is 6.61 Å². The third-order valence-corrected chi connectivity index (χ3v) is 3.43. The molecule has 0 amide bonds. The summed E-state index contributed by atoms with van der Waals surface area (Å²) in [6.45, 7) is 2.58. The molecule has 0 unspecified atom stereocenters. The lowest BCUT2D eigenvalue weighted by molar-refractivity contribution is -0.606. The first-order valence-electron chi connectivity index (χ1n) is 5.37. The molecule has 0 atom stereocenters. The normalized spacial score (nSPS) is 22.9. The molecule has 4 nitrogen and oxygen atoms in total. The van der Waals surface area contributed by atoms with Gasteiger partial charge in [0.25, 0.3) is 0 Å². The van der Waals surface area contributed by atoms with Crippen LogP contribution in [0.2, 0.25) is 0 Å². The molecule has 15 heavy (non-hydrogen) atoms. The Bertz CT molecular complexity index is 381. The molecule has 1 N–H and O–H groups in total. The zero-order valence-corrected chi connectivity index (χ0v) is 8.53. The van der Waals surface area contributed by atoms with Gasteiger partial charge in [-0.1, -0.05) is 0 Å². The summed E-state index contributed by atoms with van der Waals surface area (Å²) in [6, 6.07) is 1.87. The van der Waals surface area contributed by atoms with Gasteiger partial charge in [0.2, 0.25) is 0 Å². The first-order valence-corrected chi connectivity index (χ1v) is 5.37. The number of aromatic nitrogens is 1. The summed E-state index contributed by atoms with van der Waals surface area (Å²) in [5, 5.41) is 14.6. The third-order valence-electron chi connectivity index (χ3n) is 3.43. The highest BCUT2D eigenvalue weighted by atomic mass is 16.5. The van der Waals surface area contributed by atoms with Crippen LogP contribution in [0.5, 0.6) is 0 Å². The van der Waals surface area contributed by atoms with Crippen LogP contribution in [-0.2, 0) is 16.9 Å². The Kier molecular flexibility index (Phi) is 1.94. The van der Waals surface area contributed by atoms with Gasteiger partial charge in [-0.25, -0.2) is 0 Å². The van der Waals surface area contributed by atoms with E-state index in [1.807, 2.05) is 6.07 Å². The molecule has 1 saturated heterocycles. The highest BCUT2D eigenvalue weighted by Crippen LogP contribution is 2.41. The van der Waals surface area contributed by atoms with Crippen molar-refractivity contribution in [1.82, 2.24) is 5.32 Å². The molecule has 0 radical (unpaired) electrons. The molecule has 0 aliphatic carbocycles. The summed E-state index contributed by atoms with van der Waals surface area (Å²) >= 11 is 0. The lowest BCUT2D eigenvalue weighted by Crippen LogP contribution is -2.40. The Morgan fingerprint density at radius 3 is 3.00 bits per heavy atom. The molecule has 3 rings (SSSR count). The predicted octanol–water partition coefficient (Wildman–Crippen LogP) is 0.429. The molecule has 1 aromatic rings. The van der Waals surface area contributed by atoms with E-state index in [0.717, 1.165) is 36.2 Å². The minimum atomic E-state index is -0.187. The van der Waals surface area contributed by atoms with Crippen LogP contribution >= 0.6 is 0 Å². The van der Waals surface area contributed by atoms with Gasteiger partial charge in [0.05, 0.1) is 12.2 Å². The first-order chi connectivity index (χ1) is 7.30. The van der Waals surface area contributed by atoms with Crippen LogP contribution in [0, 0.1) is 5.21 Å². The summed E-state index contributed by atoms with van der Waals surface area (Å²) in [5.74, 6) is 0. The number of fused-ring (bicyclic) bond motifs is 2. The average molecular weight is 206 g/mol. The molecular formula is C11H14N2O2. The van der Waals surface area contributed by atoms with Gasteiger partial charge < -0.3 is 15.3 Å². The summed E-state index contributed by atoms with van der Waals surface area (Å²) in [5.41, 5.74) is 2.08. The molecular weight excluding hydrogens is 192 g/mol. The Morgan fingerprint density at radius 1 is 1.40 bits per heavy atom. The maximum Gasteiger partial charge on any atom is 0.186 e. The molecule has 2 aliphatic rings. The number of rotatable bonds is 0. The SMILES string of the molecule is [O-][n+]1ccc2c(c1)C1(CCNCC1)OC2. The Balaban J connectivity index is 2.05. The van der Waals surface area contributed by atoms with Gasteiger partial charge in [0, 0.05) is 6.07 Å². The molecule has 1 spiro atoms. The van der Waals surface area contributed by atoms with Gasteiger partial charge >= 0.3 is 0 Å². The van der Waals surface area contributed by atoms with Crippen LogP contribution in [-0.4, -0.2) is 13.1 Å². The van der Waals surface area contributed by atoms with Gasteiger partial charge in [-0.2, -0.15) is 4.73 Å². The van der Waals surface area contributed by atoms with E-state index < -0.39 is 0 Å². The van der Waals surface area contributed by atoms with E-state index in [2.05, 4.69) is 5.32 Å². The fraction of sp³-hybridized carbons (Fsp3) is 0.545. The van der Waals surface area contributed by atoms with E-state index in [9.17, 15) is 5.21 Å². The van der Waals surface area contributed by atoms with Crippen LogP contribution < -0.4 is 10.0 Å². The van der Waals surface area contributed by atoms with Gasteiger partial charge in [0.15, 0.2) is 12.4 Å². The van der Waals surface area contributed by atoms with E-state index in [1.54, 1.807) is 12.4 Å². The number of ether oxygens (including phenoxy) is 1. The van der Waals surface area contributed by atoms with Gasteiger partial charge in [0.1, 0.15) is 5.60 Å². The molecule has 1 aromatic heterocycles. The standard InChI is InChI=1S/C11H14N2O2/c14-13-6-1-9-8-15-11(10(9)7-13)2-4-12-5-3-11/h1,6-7,12H,2-5,8H2. The Labute approximate surface area is 88.5 Å². The van der Waals surface area contributed by atoms with Crippen LogP contribution in [0.1, 0.15) is 24.0 Å². The predicted molar refractivity (Wildman–Crippen MR) is 54.0 cm³/mol. The molecule has 0 aromatic carbocycles. The number of hydrogen-bond donors (Lipinski definition) is 1. The number of pyridine rings is 1. The maximum absolute atomic E-state index is 11.3. The molecule has 80 valence electrons. The minimum Gasteiger partial charge on any atom is -0.619 e. The second-order valence-electron chi connectivity index (χ2n) is 4.28. The largest absolute Gasteiger partial charge is 0.619 e. The lowest BCUT2D eigenvalue weighted by atomic mass is 9.85. The first kappa shape index (κ1) is 9.12. The van der Waals surface area contributed by atoms with Crippen LogP contribution in [0.3, 0.4) is 0 Å². The Hall–Kier alpha value is -1.13. The van der Waals surface area contributed by atoms with Crippen molar-refractivity contribution in [3.63, 3.8) is 0 Å². The van der Waals surface area contributed by atoms with Crippen molar-refractivity contribution in [3.8, 4) is 0 Å². The molecule has 1 fully saturated rings. The summed E-state index contributed by atoms with van der Waals surface area (Å²) in [6.07, 6.45) is 5.14. The fourth-order valence-electron chi connectivity index (χ4n) is 2.58. The van der Waals surface area contributed by atoms with Crippen molar-refractivity contribution in [2.24, 2.45) is 0 Å². The van der Waals surface area contributed by atoms with E-state index in [1.165, 1.54) is 5.56 Å². The smallest absolute Gasteiger partial charge is 0.186 e. The summed E-state index contributed by atoms with van der Waals surface area (Å²) < 4.78 is 6.79. The molecule has 3 heterocycles. The quantitative estimate of drug-likeness (QED) is 0.494. The third kappa shape index (κ3) is 1.33. The van der Waals surface area contributed by atoms with E-state index in [4.69, 9.17) is 4.74 Å². The number of hydrogen-bond acceptors (Lipinski definition) is 3. The summed E-state index contributed by atoms with van der Waals surface area (Å²) in [4.78, 5) is 0. The maximum atomic E-state index is 11.3. The van der Waals surface area contributed by atoms with Crippen molar-refractivity contribution < 1.29 is 9.47 Å². The van der Waals surface area contributed by atoms with Gasteiger partial charge in [-0.3, -0.25) is 0 Å². The zero-order valence-electron chi connectivity index (χ0n) is 8.53. The van der Waals surface area contributed by atoms with Crippen molar-refractivity contribution in [1.29, 1.82) is 0 Å².